The van der Waals surface area contributed by atoms with Crippen LogP contribution in [0.2, 0.25) is 10.2 Å². The third-order valence-electron chi connectivity index (χ3n) is 2.36. The van der Waals surface area contributed by atoms with E-state index < -0.39 is 11.9 Å². The fraction of sp³-hybridized carbons (Fsp3) is 0.182. The van der Waals surface area contributed by atoms with E-state index >= 15 is 0 Å². The number of aryl methyl sites for hydroxylation is 1. The van der Waals surface area contributed by atoms with Gasteiger partial charge in [0.1, 0.15) is 5.15 Å². The molecule has 0 amide bonds. The quantitative estimate of drug-likeness (QED) is 0.757. The Labute approximate surface area is 111 Å². The maximum atomic E-state index is 12.5. The first-order chi connectivity index (χ1) is 8.29. The van der Waals surface area contributed by atoms with Gasteiger partial charge in [-0.1, -0.05) is 29.3 Å². The smallest absolute Gasteiger partial charge is 0.222 e. The van der Waals surface area contributed by atoms with Gasteiger partial charge in [-0.05, 0) is 24.6 Å². The fourth-order valence-corrected chi connectivity index (χ4v) is 1.80. The normalized spacial score (nSPS) is 11.9. The summed E-state index contributed by atoms with van der Waals surface area (Å²) < 4.78 is 38.4. The zero-order chi connectivity index (χ0) is 13.5. The molecule has 0 radical (unpaired) electrons. The lowest BCUT2D eigenvalue weighted by atomic mass is 10.2. The Kier molecular flexibility index (Phi) is 3.29. The molecule has 0 unspecified atom stereocenters. The highest BCUT2D eigenvalue weighted by Crippen LogP contribution is 2.31. The van der Waals surface area contributed by atoms with E-state index in [2.05, 4.69) is 5.10 Å². The zero-order valence-corrected chi connectivity index (χ0v) is 10.6. The van der Waals surface area contributed by atoms with Crippen LogP contribution >= 0.6 is 23.2 Å². The van der Waals surface area contributed by atoms with Crippen molar-refractivity contribution in [2.45, 2.75) is 13.1 Å². The summed E-state index contributed by atoms with van der Waals surface area (Å²) in [6.45, 7) is 1.79. The van der Waals surface area contributed by atoms with Crippen molar-refractivity contribution in [2.24, 2.45) is 0 Å². The van der Waals surface area contributed by atoms with Crippen LogP contribution in [0.15, 0.2) is 24.3 Å². The van der Waals surface area contributed by atoms with E-state index in [4.69, 9.17) is 23.2 Å². The summed E-state index contributed by atoms with van der Waals surface area (Å²) in [6.07, 6.45) is -4.52. The zero-order valence-electron chi connectivity index (χ0n) is 9.09. The predicted molar refractivity (Wildman–Crippen MR) is 63.3 cm³/mol. The number of alkyl halides is 3. The third kappa shape index (κ3) is 2.47. The molecule has 0 fully saturated rings. The van der Waals surface area contributed by atoms with Crippen LogP contribution in [0, 0.1) is 6.92 Å². The molecule has 1 aromatic heterocycles. The molecule has 2 rings (SSSR count). The van der Waals surface area contributed by atoms with Gasteiger partial charge < -0.3 is 0 Å². The lowest BCUT2D eigenvalue weighted by Gasteiger charge is -2.05. The van der Waals surface area contributed by atoms with E-state index in [9.17, 15) is 13.2 Å². The maximum absolute atomic E-state index is 12.5. The van der Waals surface area contributed by atoms with Gasteiger partial charge in [0.05, 0.1) is 5.69 Å². The number of halogens is 5. The molecular formula is C11H7Cl2F3N2. The summed E-state index contributed by atoms with van der Waals surface area (Å²) >= 11 is 11.6. The highest BCUT2D eigenvalue weighted by Gasteiger charge is 2.34. The highest BCUT2D eigenvalue weighted by molar-refractivity contribution is 6.31. The average Bonchev–Trinajstić information content (AvgIpc) is 2.64. The molecule has 2 aromatic rings. The first-order valence-corrected chi connectivity index (χ1v) is 5.64. The van der Waals surface area contributed by atoms with Crippen LogP contribution < -0.4 is 0 Å². The first kappa shape index (κ1) is 13.2. The van der Waals surface area contributed by atoms with Crippen molar-refractivity contribution in [3.63, 3.8) is 0 Å². The minimum Gasteiger partial charge on any atom is -0.222 e. The molecule has 0 spiro atoms. The molecular weight excluding hydrogens is 288 g/mol. The number of hydrogen-bond acceptors (Lipinski definition) is 1. The molecule has 0 aliphatic heterocycles. The third-order valence-corrected chi connectivity index (χ3v) is 3.03. The summed E-state index contributed by atoms with van der Waals surface area (Å²) in [7, 11) is 0. The molecule has 96 valence electrons. The molecule has 0 aliphatic rings. The number of nitrogens with zero attached hydrogens (tertiary/aromatic N) is 2. The van der Waals surface area contributed by atoms with Gasteiger partial charge in [-0.2, -0.15) is 18.3 Å². The van der Waals surface area contributed by atoms with Crippen molar-refractivity contribution in [1.29, 1.82) is 0 Å². The second-order valence-corrected chi connectivity index (χ2v) is 4.49. The largest absolute Gasteiger partial charge is 0.435 e. The molecule has 0 saturated carbocycles. The van der Waals surface area contributed by atoms with Gasteiger partial charge >= 0.3 is 6.18 Å². The van der Waals surface area contributed by atoms with Gasteiger partial charge in [0.2, 0.25) is 0 Å². The van der Waals surface area contributed by atoms with Gasteiger partial charge in [0, 0.05) is 11.1 Å². The second kappa shape index (κ2) is 4.48. The summed E-state index contributed by atoms with van der Waals surface area (Å²) in [5.74, 6) is 0. The fourth-order valence-electron chi connectivity index (χ4n) is 1.39. The van der Waals surface area contributed by atoms with Crippen LogP contribution in [0.3, 0.4) is 0 Å². The van der Waals surface area contributed by atoms with E-state index in [1.807, 2.05) is 0 Å². The molecule has 18 heavy (non-hydrogen) atoms. The molecule has 7 heteroatoms. The van der Waals surface area contributed by atoms with Crippen LogP contribution in [0.1, 0.15) is 11.3 Å². The van der Waals surface area contributed by atoms with Crippen molar-refractivity contribution in [1.82, 2.24) is 9.78 Å². The van der Waals surface area contributed by atoms with Crippen molar-refractivity contribution in [2.75, 3.05) is 0 Å². The van der Waals surface area contributed by atoms with Crippen LogP contribution in [-0.2, 0) is 6.18 Å². The van der Waals surface area contributed by atoms with Gasteiger partial charge in [-0.15, -0.1) is 0 Å². The van der Waals surface area contributed by atoms with Gasteiger partial charge in [0.25, 0.3) is 0 Å². The van der Waals surface area contributed by atoms with Crippen molar-refractivity contribution in [3.05, 3.63) is 45.7 Å². The van der Waals surface area contributed by atoms with Gasteiger partial charge in [0.15, 0.2) is 5.69 Å². The van der Waals surface area contributed by atoms with Crippen LogP contribution in [0.5, 0.6) is 0 Å². The van der Waals surface area contributed by atoms with Crippen LogP contribution in [0.25, 0.3) is 5.69 Å². The Balaban J connectivity index is 2.51. The standard InChI is InChI=1S/C11H7Cl2F3N2/c1-6-2-3-7(4-8(6)12)18-10(13)5-9(17-18)11(14,15)16/h2-5H,1H3. The Hall–Kier alpha value is -1.20. The Morgan fingerprint density at radius 2 is 1.83 bits per heavy atom. The SMILES string of the molecule is Cc1ccc(-n2nc(C(F)(F)F)cc2Cl)cc1Cl. The second-order valence-electron chi connectivity index (χ2n) is 3.70. The minimum absolute atomic E-state index is 0.123. The van der Waals surface area contributed by atoms with Crippen molar-refractivity contribution >= 4 is 23.2 Å². The van der Waals surface area contributed by atoms with E-state index in [-0.39, 0.29) is 5.15 Å². The van der Waals surface area contributed by atoms with E-state index in [0.717, 1.165) is 16.3 Å². The van der Waals surface area contributed by atoms with E-state index in [1.165, 1.54) is 6.07 Å². The highest BCUT2D eigenvalue weighted by atomic mass is 35.5. The van der Waals surface area contributed by atoms with E-state index in [1.54, 1.807) is 19.1 Å². The minimum atomic E-state index is -4.52. The summed E-state index contributed by atoms with van der Waals surface area (Å²) in [5.41, 5.74) is 0.162. The summed E-state index contributed by atoms with van der Waals surface area (Å²) in [4.78, 5) is 0. The van der Waals surface area contributed by atoms with Crippen LogP contribution in [-0.4, -0.2) is 9.78 Å². The molecule has 0 atom stereocenters. The summed E-state index contributed by atoms with van der Waals surface area (Å²) in [6, 6.07) is 5.56. The Bertz CT molecular complexity index is 590. The molecule has 1 heterocycles. The van der Waals surface area contributed by atoms with Gasteiger partial charge in [-0.25, -0.2) is 4.68 Å². The van der Waals surface area contributed by atoms with Crippen LogP contribution in [0.4, 0.5) is 13.2 Å². The molecule has 2 nitrogen and oxygen atoms in total. The first-order valence-electron chi connectivity index (χ1n) is 4.88. The predicted octanol–water partition coefficient (Wildman–Crippen LogP) is 4.51. The lowest BCUT2D eigenvalue weighted by Crippen LogP contribution is -2.07. The monoisotopic (exact) mass is 294 g/mol. The topological polar surface area (TPSA) is 17.8 Å². The molecule has 0 saturated heterocycles. The Morgan fingerprint density at radius 3 is 2.33 bits per heavy atom. The number of hydrogen-bond donors (Lipinski definition) is 0. The number of aromatic nitrogens is 2. The molecule has 0 aliphatic carbocycles. The van der Waals surface area contributed by atoms with Crippen molar-refractivity contribution < 1.29 is 13.2 Å². The summed E-state index contributed by atoms with van der Waals surface area (Å²) in [5, 5.41) is 3.74. The van der Waals surface area contributed by atoms with Gasteiger partial charge in [-0.3, -0.25) is 0 Å². The Morgan fingerprint density at radius 1 is 1.17 bits per heavy atom. The average molecular weight is 295 g/mol. The van der Waals surface area contributed by atoms with Crippen molar-refractivity contribution in [3.8, 4) is 5.69 Å². The van der Waals surface area contributed by atoms with E-state index in [0.29, 0.717) is 10.7 Å². The number of benzene rings is 1. The lowest BCUT2D eigenvalue weighted by molar-refractivity contribution is -0.141. The number of rotatable bonds is 1. The molecule has 0 N–H and O–H groups in total. The molecule has 1 aromatic carbocycles. The molecule has 0 bridgehead atoms. The maximum Gasteiger partial charge on any atom is 0.435 e.